The molecule has 0 aliphatic carbocycles. The Morgan fingerprint density at radius 3 is 2.55 bits per heavy atom. The lowest BCUT2D eigenvalue weighted by atomic mass is 10.1. The Morgan fingerprint density at radius 2 is 1.90 bits per heavy atom. The van der Waals surface area contributed by atoms with Crippen molar-refractivity contribution in [3.8, 4) is 0 Å². The molecule has 5 heteroatoms. The fraction of sp³-hybridized carbons (Fsp3) is 0.333. The molecule has 0 bridgehead atoms. The Kier molecular flexibility index (Phi) is 4.45. The van der Waals surface area contributed by atoms with Gasteiger partial charge in [0, 0.05) is 23.0 Å². The lowest BCUT2D eigenvalue weighted by Crippen LogP contribution is -2.11. The predicted octanol–water partition coefficient (Wildman–Crippen LogP) is 4.01. The fourth-order valence-electron chi connectivity index (χ4n) is 1.90. The number of nitrogen functional groups attached to an aromatic ring is 1. The van der Waals surface area contributed by atoms with Crippen molar-refractivity contribution in [2.75, 3.05) is 11.1 Å². The third-order valence-electron chi connectivity index (χ3n) is 2.99. The number of hydrogen-bond donors (Lipinski definition) is 2. The summed E-state index contributed by atoms with van der Waals surface area (Å²) in [7, 11) is 0. The molecule has 0 fully saturated rings. The van der Waals surface area contributed by atoms with Gasteiger partial charge in [0.15, 0.2) is 0 Å². The SMILES string of the molecule is CC(C)c1nc(N)cc(NC(C)c2cccc(Cl)c2)n1. The van der Waals surface area contributed by atoms with Crippen LogP contribution in [0.3, 0.4) is 0 Å². The minimum absolute atomic E-state index is 0.0861. The first-order valence-electron chi connectivity index (χ1n) is 6.62. The first-order chi connectivity index (χ1) is 9.45. The second-order valence-electron chi connectivity index (χ2n) is 5.11. The molecular weight excluding hydrogens is 272 g/mol. The molecule has 1 aromatic heterocycles. The highest BCUT2D eigenvalue weighted by Gasteiger charge is 2.10. The van der Waals surface area contributed by atoms with E-state index in [9.17, 15) is 0 Å². The molecule has 1 heterocycles. The van der Waals surface area contributed by atoms with E-state index < -0.39 is 0 Å². The quantitative estimate of drug-likeness (QED) is 0.893. The van der Waals surface area contributed by atoms with Crippen LogP contribution >= 0.6 is 11.6 Å². The fourth-order valence-corrected chi connectivity index (χ4v) is 2.10. The van der Waals surface area contributed by atoms with Gasteiger partial charge in [0.1, 0.15) is 17.5 Å². The van der Waals surface area contributed by atoms with Gasteiger partial charge in [0.05, 0.1) is 0 Å². The van der Waals surface area contributed by atoms with E-state index in [2.05, 4.69) is 22.2 Å². The molecule has 1 unspecified atom stereocenters. The van der Waals surface area contributed by atoms with Crippen LogP contribution in [0.1, 0.15) is 44.1 Å². The highest BCUT2D eigenvalue weighted by molar-refractivity contribution is 6.30. The van der Waals surface area contributed by atoms with Crippen molar-refractivity contribution in [2.45, 2.75) is 32.7 Å². The molecular formula is C15H19ClN4. The summed E-state index contributed by atoms with van der Waals surface area (Å²) in [6.07, 6.45) is 0. The van der Waals surface area contributed by atoms with Crippen molar-refractivity contribution in [1.29, 1.82) is 0 Å². The van der Waals surface area contributed by atoms with Gasteiger partial charge in [0.25, 0.3) is 0 Å². The van der Waals surface area contributed by atoms with Gasteiger partial charge < -0.3 is 11.1 Å². The summed E-state index contributed by atoms with van der Waals surface area (Å²) < 4.78 is 0. The third kappa shape index (κ3) is 3.61. The average Bonchev–Trinajstić information content (AvgIpc) is 2.37. The summed E-state index contributed by atoms with van der Waals surface area (Å²) in [5.74, 6) is 2.18. The average molecular weight is 291 g/mol. The maximum Gasteiger partial charge on any atom is 0.135 e. The Labute approximate surface area is 124 Å². The number of hydrogen-bond acceptors (Lipinski definition) is 4. The van der Waals surface area contributed by atoms with Gasteiger partial charge in [-0.3, -0.25) is 0 Å². The van der Waals surface area contributed by atoms with E-state index in [1.165, 1.54) is 0 Å². The number of aromatic nitrogens is 2. The number of rotatable bonds is 4. The molecule has 2 aromatic rings. The van der Waals surface area contributed by atoms with Crippen LogP contribution in [0, 0.1) is 0 Å². The molecule has 0 amide bonds. The number of anilines is 2. The lowest BCUT2D eigenvalue weighted by Gasteiger charge is -2.16. The second-order valence-corrected chi connectivity index (χ2v) is 5.55. The molecule has 0 saturated heterocycles. The zero-order valence-corrected chi connectivity index (χ0v) is 12.6. The van der Waals surface area contributed by atoms with Crippen LogP contribution in [0.2, 0.25) is 5.02 Å². The zero-order chi connectivity index (χ0) is 14.7. The monoisotopic (exact) mass is 290 g/mol. The number of halogens is 1. The van der Waals surface area contributed by atoms with E-state index in [0.29, 0.717) is 5.82 Å². The first-order valence-corrected chi connectivity index (χ1v) is 7.00. The van der Waals surface area contributed by atoms with Gasteiger partial charge >= 0.3 is 0 Å². The maximum atomic E-state index is 6.01. The van der Waals surface area contributed by atoms with Crippen molar-refractivity contribution in [1.82, 2.24) is 9.97 Å². The van der Waals surface area contributed by atoms with Crippen LogP contribution in [-0.4, -0.2) is 9.97 Å². The van der Waals surface area contributed by atoms with Crippen LogP contribution in [-0.2, 0) is 0 Å². The minimum atomic E-state index is 0.0861. The van der Waals surface area contributed by atoms with Crippen molar-refractivity contribution >= 4 is 23.2 Å². The van der Waals surface area contributed by atoms with Crippen molar-refractivity contribution in [3.05, 3.63) is 46.7 Å². The molecule has 4 nitrogen and oxygen atoms in total. The molecule has 0 radical (unpaired) electrons. The van der Waals surface area contributed by atoms with E-state index >= 15 is 0 Å². The van der Waals surface area contributed by atoms with Crippen molar-refractivity contribution < 1.29 is 0 Å². The van der Waals surface area contributed by atoms with Crippen LogP contribution in [0.4, 0.5) is 11.6 Å². The van der Waals surface area contributed by atoms with Crippen LogP contribution in [0.5, 0.6) is 0 Å². The van der Waals surface area contributed by atoms with E-state index in [1.807, 2.05) is 38.1 Å². The smallest absolute Gasteiger partial charge is 0.135 e. The maximum absolute atomic E-state index is 6.01. The molecule has 106 valence electrons. The largest absolute Gasteiger partial charge is 0.384 e. The number of nitrogens with one attached hydrogen (secondary N) is 1. The topological polar surface area (TPSA) is 63.8 Å². The van der Waals surface area contributed by atoms with Crippen LogP contribution < -0.4 is 11.1 Å². The summed E-state index contributed by atoms with van der Waals surface area (Å²) in [5.41, 5.74) is 6.92. The van der Waals surface area contributed by atoms with Crippen molar-refractivity contribution in [2.24, 2.45) is 0 Å². The molecule has 0 saturated carbocycles. The second kappa shape index (κ2) is 6.09. The lowest BCUT2D eigenvalue weighted by molar-refractivity contribution is 0.771. The Bertz CT molecular complexity index is 598. The molecule has 20 heavy (non-hydrogen) atoms. The van der Waals surface area contributed by atoms with E-state index in [0.717, 1.165) is 22.2 Å². The molecule has 2 rings (SSSR count). The summed E-state index contributed by atoms with van der Waals surface area (Å²) in [4.78, 5) is 8.72. The Hall–Kier alpha value is -1.81. The minimum Gasteiger partial charge on any atom is -0.384 e. The zero-order valence-electron chi connectivity index (χ0n) is 11.9. The molecule has 0 aliphatic rings. The highest BCUT2D eigenvalue weighted by atomic mass is 35.5. The molecule has 3 N–H and O–H groups in total. The number of nitrogens with zero attached hydrogens (tertiary/aromatic N) is 2. The Morgan fingerprint density at radius 1 is 1.15 bits per heavy atom. The summed E-state index contributed by atoms with van der Waals surface area (Å²) in [5, 5.41) is 4.06. The normalized spacial score (nSPS) is 12.4. The summed E-state index contributed by atoms with van der Waals surface area (Å²) >= 11 is 6.01. The van der Waals surface area contributed by atoms with Crippen LogP contribution in [0.15, 0.2) is 30.3 Å². The number of nitrogens with two attached hydrogens (primary N) is 1. The van der Waals surface area contributed by atoms with Gasteiger partial charge in [-0.25, -0.2) is 9.97 Å². The molecule has 1 atom stereocenters. The van der Waals surface area contributed by atoms with Gasteiger partial charge in [0.2, 0.25) is 0 Å². The van der Waals surface area contributed by atoms with Gasteiger partial charge in [-0.2, -0.15) is 0 Å². The van der Waals surface area contributed by atoms with E-state index in [4.69, 9.17) is 17.3 Å². The number of benzene rings is 1. The van der Waals surface area contributed by atoms with Gasteiger partial charge in [-0.1, -0.05) is 37.6 Å². The highest BCUT2D eigenvalue weighted by Crippen LogP contribution is 2.22. The van der Waals surface area contributed by atoms with Gasteiger partial charge in [-0.15, -0.1) is 0 Å². The van der Waals surface area contributed by atoms with E-state index in [1.54, 1.807) is 6.07 Å². The summed E-state index contributed by atoms with van der Waals surface area (Å²) in [6, 6.07) is 9.58. The summed E-state index contributed by atoms with van der Waals surface area (Å²) in [6.45, 7) is 6.14. The van der Waals surface area contributed by atoms with Crippen molar-refractivity contribution in [3.63, 3.8) is 0 Å². The van der Waals surface area contributed by atoms with Crippen LogP contribution in [0.25, 0.3) is 0 Å². The first kappa shape index (κ1) is 14.6. The Balaban J connectivity index is 2.21. The standard InChI is InChI=1S/C15H19ClN4/c1-9(2)15-19-13(17)8-14(20-15)18-10(3)11-5-4-6-12(16)7-11/h4-10H,1-3H3,(H3,17,18,19,20). The van der Waals surface area contributed by atoms with E-state index in [-0.39, 0.29) is 12.0 Å². The molecule has 0 aliphatic heterocycles. The molecule has 1 aromatic carbocycles. The van der Waals surface area contributed by atoms with Gasteiger partial charge in [-0.05, 0) is 24.6 Å². The third-order valence-corrected chi connectivity index (χ3v) is 3.23. The predicted molar refractivity (Wildman–Crippen MR) is 84.0 cm³/mol. The molecule has 0 spiro atoms.